The lowest BCUT2D eigenvalue weighted by atomic mass is 10.1. The largest absolute Gasteiger partial charge is 0.507 e. The van der Waals surface area contributed by atoms with Crippen LogP contribution in [0.2, 0.25) is 0 Å². The fraction of sp³-hybridized carbons (Fsp3) is 0.154. The van der Waals surface area contributed by atoms with Crippen LogP contribution in [-0.2, 0) is 0 Å². The van der Waals surface area contributed by atoms with Gasteiger partial charge in [0, 0.05) is 11.8 Å². The van der Waals surface area contributed by atoms with E-state index in [0.717, 1.165) is 22.6 Å². The molecular formula is C13H12N2O2. The average Bonchev–Trinajstić information content (AvgIpc) is 2.33. The van der Waals surface area contributed by atoms with Crippen LogP contribution in [0.5, 0.6) is 5.75 Å². The van der Waals surface area contributed by atoms with Crippen LogP contribution in [0.15, 0.2) is 24.4 Å². The van der Waals surface area contributed by atoms with Crippen LogP contribution in [0.25, 0.3) is 11.3 Å². The van der Waals surface area contributed by atoms with E-state index in [1.807, 2.05) is 13.8 Å². The van der Waals surface area contributed by atoms with Gasteiger partial charge in [0.2, 0.25) is 0 Å². The number of carbonyl (C=O) groups is 1. The number of aromatic hydroxyl groups is 1. The summed E-state index contributed by atoms with van der Waals surface area (Å²) in [5.41, 5.74) is 3.36. The lowest BCUT2D eigenvalue weighted by Gasteiger charge is -2.06. The molecule has 1 heterocycles. The van der Waals surface area contributed by atoms with Crippen molar-refractivity contribution in [2.45, 2.75) is 13.8 Å². The molecule has 0 aliphatic rings. The quantitative estimate of drug-likeness (QED) is 0.801. The third-order valence-electron chi connectivity index (χ3n) is 2.50. The molecule has 0 unspecified atom stereocenters. The first-order valence-electron chi connectivity index (χ1n) is 5.20. The maximum atomic E-state index is 10.8. The Kier molecular flexibility index (Phi) is 2.87. The number of benzene rings is 1. The summed E-state index contributed by atoms with van der Waals surface area (Å²) >= 11 is 0. The molecule has 2 rings (SSSR count). The van der Waals surface area contributed by atoms with E-state index < -0.39 is 0 Å². The molecule has 0 aliphatic heterocycles. The van der Waals surface area contributed by atoms with E-state index in [0.29, 0.717) is 6.29 Å². The summed E-state index contributed by atoms with van der Waals surface area (Å²) < 4.78 is 0. The van der Waals surface area contributed by atoms with Gasteiger partial charge in [0.25, 0.3) is 0 Å². The summed E-state index contributed by atoms with van der Waals surface area (Å²) in [5.74, 6) is -0.0259. The predicted molar refractivity (Wildman–Crippen MR) is 64.0 cm³/mol. The normalized spacial score (nSPS) is 10.2. The number of rotatable bonds is 2. The van der Waals surface area contributed by atoms with Crippen molar-refractivity contribution in [3.05, 3.63) is 41.3 Å². The van der Waals surface area contributed by atoms with Gasteiger partial charge in [-0.25, -0.2) is 4.98 Å². The minimum atomic E-state index is -0.0259. The van der Waals surface area contributed by atoms with Gasteiger partial charge in [0.05, 0.1) is 22.6 Å². The molecule has 4 heteroatoms. The molecule has 0 saturated carbocycles. The highest BCUT2D eigenvalue weighted by Gasteiger charge is 2.08. The molecule has 2 aromatic rings. The van der Waals surface area contributed by atoms with Gasteiger partial charge < -0.3 is 5.11 Å². The lowest BCUT2D eigenvalue weighted by Crippen LogP contribution is -1.95. The van der Waals surface area contributed by atoms with Crippen LogP contribution in [0.3, 0.4) is 0 Å². The summed E-state index contributed by atoms with van der Waals surface area (Å²) in [6.45, 7) is 3.71. The van der Waals surface area contributed by atoms with Gasteiger partial charge in [-0.15, -0.1) is 0 Å². The smallest absolute Gasteiger partial charge is 0.153 e. The van der Waals surface area contributed by atoms with Crippen LogP contribution < -0.4 is 0 Å². The van der Waals surface area contributed by atoms with Crippen LogP contribution in [0, 0.1) is 13.8 Å². The van der Waals surface area contributed by atoms with Crippen LogP contribution >= 0.6 is 0 Å². The number of carbonyl (C=O) groups excluding carboxylic acids is 1. The zero-order chi connectivity index (χ0) is 12.4. The second kappa shape index (κ2) is 4.33. The molecule has 0 radical (unpaired) electrons. The van der Waals surface area contributed by atoms with Gasteiger partial charge in [-0.05, 0) is 32.0 Å². The molecule has 0 aliphatic carbocycles. The number of phenolic OH excluding ortho intramolecular Hbond substituents is 1. The van der Waals surface area contributed by atoms with Crippen LogP contribution in [0.1, 0.15) is 21.7 Å². The van der Waals surface area contributed by atoms with Crippen molar-refractivity contribution in [1.29, 1.82) is 0 Å². The van der Waals surface area contributed by atoms with E-state index in [4.69, 9.17) is 0 Å². The van der Waals surface area contributed by atoms with Gasteiger partial charge in [-0.1, -0.05) is 0 Å². The molecule has 0 fully saturated rings. The van der Waals surface area contributed by atoms with Crippen molar-refractivity contribution in [1.82, 2.24) is 9.97 Å². The molecule has 86 valence electrons. The first-order chi connectivity index (χ1) is 8.11. The molecule has 4 nitrogen and oxygen atoms in total. The highest BCUT2D eigenvalue weighted by molar-refractivity contribution is 5.82. The zero-order valence-electron chi connectivity index (χ0n) is 9.64. The van der Waals surface area contributed by atoms with Crippen molar-refractivity contribution in [2.24, 2.45) is 0 Å². The number of aryl methyl sites for hydroxylation is 2. The molecule has 0 spiro atoms. The molecule has 0 saturated heterocycles. The number of hydrogen-bond donors (Lipinski definition) is 1. The van der Waals surface area contributed by atoms with Crippen LogP contribution in [0.4, 0.5) is 0 Å². The Morgan fingerprint density at radius 3 is 2.76 bits per heavy atom. The molecule has 0 amide bonds. The van der Waals surface area contributed by atoms with E-state index >= 15 is 0 Å². The minimum absolute atomic E-state index is 0.0259. The average molecular weight is 228 g/mol. The Hall–Kier alpha value is -2.23. The zero-order valence-corrected chi connectivity index (χ0v) is 9.64. The van der Waals surface area contributed by atoms with Crippen molar-refractivity contribution < 1.29 is 9.90 Å². The first kappa shape index (κ1) is 11.3. The van der Waals surface area contributed by atoms with E-state index in [-0.39, 0.29) is 11.3 Å². The number of aldehydes is 1. The monoisotopic (exact) mass is 228 g/mol. The maximum Gasteiger partial charge on any atom is 0.153 e. The van der Waals surface area contributed by atoms with Crippen molar-refractivity contribution >= 4 is 6.29 Å². The highest BCUT2D eigenvalue weighted by atomic mass is 16.3. The Labute approximate surface area is 99.0 Å². The van der Waals surface area contributed by atoms with E-state index in [2.05, 4.69) is 9.97 Å². The van der Waals surface area contributed by atoms with Gasteiger partial charge in [-0.2, -0.15) is 0 Å². The molecule has 1 aromatic carbocycles. The molecule has 0 bridgehead atoms. The number of aromatic nitrogens is 2. The van der Waals surface area contributed by atoms with Gasteiger partial charge in [0.15, 0.2) is 6.29 Å². The van der Waals surface area contributed by atoms with Crippen molar-refractivity contribution in [3.8, 4) is 17.0 Å². The third-order valence-corrected chi connectivity index (χ3v) is 2.50. The van der Waals surface area contributed by atoms with E-state index in [1.165, 1.54) is 6.07 Å². The standard InChI is InChI=1S/C13H12N2O2/c1-8-6-14-9(2)13(15-8)10-3-4-12(17)11(5-10)7-16/h3-7,17H,1-2H3. The topological polar surface area (TPSA) is 63.1 Å². The summed E-state index contributed by atoms with van der Waals surface area (Å²) in [6.07, 6.45) is 2.32. The Balaban J connectivity index is 2.60. The second-order valence-corrected chi connectivity index (χ2v) is 3.84. The first-order valence-corrected chi connectivity index (χ1v) is 5.20. The summed E-state index contributed by atoms with van der Waals surface area (Å²) in [5, 5.41) is 9.44. The summed E-state index contributed by atoms with van der Waals surface area (Å²) in [4.78, 5) is 19.4. The summed E-state index contributed by atoms with van der Waals surface area (Å²) in [7, 11) is 0. The Morgan fingerprint density at radius 2 is 2.06 bits per heavy atom. The number of hydrogen-bond acceptors (Lipinski definition) is 4. The fourth-order valence-electron chi connectivity index (χ4n) is 1.61. The molecule has 0 atom stereocenters. The predicted octanol–water partition coefficient (Wildman–Crippen LogP) is 2.28. The van der Waals surface area contributed by atoms with Crippen molar-refractivity contribution in [2.75, 3.05) is 0 Å². The van der Waals surface area contributed by atoms with Crippen molar-refractivity contribution in [3.63, 3.8) is 0 Å². The second-order valence-electron chi connectivity index (χ2n) is 3.84. The molecular weight excluding hydrogens is 216 g/mol. The van der Waals surface area contributed by atoms with Gasteiger partial charge >= 0.3 is 0 Å². The van der Waals surface area contributed by atoms with E-state index in [9.17, 15) is 9.90 Å². The SMILES string of the molecule is Cc1cnc(C)c(-c2ccc(O)c(C=O)c2)n1. The fourth-order valence-corrected chi connectivity index (χ4v) is 1.61. The number of nitrogens with zero attached hydrogens (tertiary/aromatic N) is 2. The highest BCUT2D eigenvalue weighted by Crippen LogP contribution is 2.25. The van der Waals surface area contributed by atoms with Gasteiger partial charge in [0.1, 0.15) is 5.75 Å². The number of phenols is 1. The Morgan fingerprint density at radius 1 is 1.29 bits per heavy atom. The maximum absolute atomic E-state index is 10.8. The molecule has 1 aromatic heterocycles. The molecule has 17 heavy (non-hydrogen) atoms. The summed E-state index contributed by atoms with van der Waals surface area (Å²) in [6, 6.07) is 4.82. The third kappa shape index (κ3) is 2.15. The minimum Gasteiger partial charge on any atom is -0.507 e. The van der Waals surface area contributed by atoms with E-state index in [1.54, 1.807) is 18.3 Å². The van der Waals surface area contributed by atoms with Crippen LogP contribution in [-0.4, -0.2) is 21.4 Å². The van der Waals surface area contributed by atoms with Gasteiger partial charge in [-0.3, -0.25) is 9.78 Å². The Bertz CT molecular complexity index is 580. The lowest BCUT2D eigenvalue weighted by molar-refractivity contribution is 0.112. The molecule has 1 N–H and O–H groups in total.